The fraction of sp³-hybridized carbons (Fsp3) is 0.200. The number of benzene rings is 2. The first-order chi connectivity index (χ1) is 10.1. The highest BCUT2D eigenvalue weighted by atomic mass is 35.5. The van der Waals surface area contributed by atoms with Crippen LogP contribution in [0.3, 0.4) is 0 Å². The normalized spacial score (nSPS) is 10.5. The van der Waals surface area contributed by atoms with Gasteiger partial charge in [-0.05, 0) is 18.2 Å². The number of halogens is 4. The van der Waals surface area contributed by atoms with Crippen LogP contribution in [0.5, 0.6) is 11.5 Å². The van der Waals surface area contributed by atoms with E-state index in [1.165, 1.54) is 0 Å². The number of ether oxygens (including phenoxy) is 2. The second kappa shape index (κ2) is 7.46. The lowest BCUT2D eigenvalue weighted by molar-refractivity contribution is 0.282. The van der Waals surface area contributed by atoms with E-state index in [2.05, 4.69) is 0 Å². The molecule has 0 atom stereocenters. The van der Waals surface area contributed by atoms with Gasteiger partial charge in [0.2, 0.25) is 0 Å². The third-order valence-corrected chi connectivity index (χ3v) is 4.10. The first-order valence-electron chi connectivity index (χ1n) is 6.05. The van der Waals surface area contributed by atoms with Gasteiger partial charge in [-0.25, -0.2) is 0 Å². The standard InChI is InChI=1S/C15H12Cl4O2/c1-20-14-6-10(17)5-9(7-16)15(14)21-8-11-12(18)3-2-4-13(11)19/h2-6H,7-8H2,1H3. The van der Waals surface area contributed by atoms with E-state index in [4.69, 9.17) is 55.9 Å². The van der Waals surface area contributed by atoms with E-state index in [0.29, 0.717) is 32.1 Å². The van der Waals surface area contributed by atoms with Gasteiger partial charge < -0.3 is 9.47 Å². The average molecular weight is 366 g/mol. The maximum atomic E-state index is 6.13. The zero-order valence-electron chi connectivity index (χ0n) is 11.1. The molecule has 0 spiro atoms. The van der Waals surface area contributed by atoms with E-state index in [1.807, 2.05) is 0 Å². The van der Waals surface area contributed by atoms with Crippen molar-refractivity contribution in [3.63, 3.8) is 0 Å². The third-order valence-electron chi connectivity index (χ3n) is 2.88. The Morgan fingerprint density at radius 1 is 1.05 bits per heavy atom. The van der Waals surface area contributed by atoms with Crippen molar-refractivity contribution in [1.29, 1.82) is 0 Å². The fourth-order valence-corrected chi connectivity index (χ4v) is 2.79. The van der Waals surface area contributed by atoms with E-state index in [-0.39, 0.29) is 12.5 Å². The molecule has 0 unspecified atom stereocenters. The summed E-state index contributed by atoms with van der Waals surface area (Å²) < 4.78 is 11.1. The highest BCUT2D eigenvalue weighted by molar-refractivity contribution is 6.36. The SMILES string of the molecule is COc1cc(Cl)cc(CCl)c1OCc1c(Cl)cccc1Cl. The lowest BCUT2D eigenvalue weighted by atomic mass is 10.2. The number of hydrogen-bond acceptors (Lipinski definition) is 2. The number of rotatable bonds is 5. The highest BCUT2D eigenvalue weighted by Crippen LogP contribution is 2.37. The van der Waals surface area contributed by atoms with Crippen molar-refractivity contribution in [3.05, 3.63) is 56.5 Å². The van der Waals surface area contributed by atoms with Gasteiger partial charge in [0, 0.05) is 32.3 Å². The molecule has 21 heavy (non-hydrogen) atoms. The van der Waals surface area contributed by atoms with Crippen LogP contribution < -0.4 is 9.47 Å². The Balaban J connectivity index is 2.31. The molecular weight excluding hydrogens is 354 g/mol. The van der Waals surface area contributed by atoms with Crippen LogP contribution in [0.1, 0.15) is 11.1 Å². The van der Waals surface area contributed by atoms with E-state index in [9.17, 15) is 0 Å². The molecule has 0 amide bonds. The van der Waals surface area contributed by atoms with Gasteiger partial charge >= 0.3 is 0 Å². The molecule has 2 rings (SSSR count). The van der Waals surface area contributed by atoms with Crippen LogP contribution in [0.15, 0.2) is 30.3 Å². The van der Waals surface area contributed by atoms with Crippen molar-refractivity contribution in [1.82, 2.24) is 0 Å². The minimum atomic E-state index is 0.209. The number of alkyl halides is 1. The van der Waals surface area contributed by atoms with Gasteiger partial charge in [-0.1, -0.05) is 40.9 Å². The fourth-order valence-electron chi connectivity index (χ4n) is 1.85. The summed E-state index contributed by atoms with van der Waals surface area (Å²) in [4.78, 5) is 0. The first kappa shape index (κ1) is 16.6. The predicted octanol–water partition coefficient (Wildman–Crippen LogP) is 5.97. The predicted molar refractivity (Wildman–Crippen MR) is 88.4 cm³/mol. The lowest BCUT2D eigenvalue weighted by Gasteiger charge is -2.15. The Morgan fingerprint density at radius 2 is 1.71 bits per heavy atom. The molecule has 0 aromatic heterocycles. The summed E-state index contributed by atoms with van der Waals surface area (Å²) in [7, 11) is 1.54. The molecule has 112 valence electrons. The summed E-state index contributed by atoms with van der Waals surface area (Å²) in [6.45, 7) is 0.209. The maximum Gasteiger partial charge on any atom is 0.166 e. The van der Waals surface area contributed by atoms with Crippen molar-refractivity contribution < 1.29 is 9.47 Å². The first-order valence-corrected chi connectivity index (χ1v) is 7.71. The summed E-state index contributed by atoms with van der Waals surface area (Å²) in [6.07, 6.45) is 0. The largest absolute Gasteiger partial charge is 0.493 e. The van der Waals surface area contributed by atoms with Crippen molar-refractivity contribution in [2.75, 3.05) is 7.11 Å². The Bertz CT molecular complexity index is 598. The molecule has 0 bridgehead atoms. The summed E-state index contributed by atoms with van der Waals surface area (Å²) in [5.74, 6) is 1.30. The molecule has 0 heterocycles. The quantitative estimate of drug-likeness (QED) is 0.607. The highest BCUT2D eigenvalue weighted by Gasteiger charge is 2.14. The smallest absolute Gasteiger partial charge is 0.166 e. The van der Waals surface area contributed by atoms with Crippen LogP contribution >= 0.6 is 46.4 Å². The Kier molecular flexibility index (Phi) is 5.88. The molecule has 0 saturated carbocycles. The number of hydrogen-bond donors (Lipinski definition) is 0. The maximum absolute atomic E-state index is 6.13. The summed E-state index contributed by atoms with van der Waals surface area (Å²) in [5.41, 5.74) is 1.45. The average Bonchev–Trinajstić information content (AvgIpc) is 2.47. The van der Waals surface area contributed by atoms with E-state index >= 15 is 0 Å². The van der Waals surface area contributed by atoms with Gasteiger partial charge in [0.25, 0.3) is 0 Å². The Labute approximate surface area is 143 Å². The zero-order chi connectivity index (χ0) is 15.4. The van der Waals surface area contributed by atoms with Crippen molar-refractivity contribution in [2.45, 2.75) is 12.5 Å². The van der Waals surface area contributed by atoms with Gasteiger partial charge in [-0.3, -0.25) is 0 Å². The van der Waals surface area contributed by atoms with Gasteiger partial charge in [-0.2, -0.15) is 0 Å². The van der Waals surface area contributed by atoms with Crippen LogP contribution in [0.4, 0.5) is 0 Å². The number of methoxy groups -OCH3 is 1. The summed E-state index contributed by atoms with van der Waals surface area (Å²) in [5, 5.41) is 1.62. The Morgan fingerprint density at radius 3 is 2.29 bits per heavy atom. The van der Waals surface area contributed by atoms with E-state index in [0.717, 1.165) is 5.56 Å². The van der Waals surface area contributed by atoms with Gasteiger partial charge in [0.15, 0.2) is 11.5 Å². The monoisotopic (exact) mass is 364 g/mol. The molecule has 2 aromatic carbocycles. The van der Waals surface area contributed by atoms with Crippen LogP contribution in [0.2, 0.25) is 15.1 Å². The van der Waals surface area contributed by atoms with Gasteiger partial charge in [0.1, 0.15) is 6.61 Å². The molecular formula is C15H12Cl4O2. The van der Waals surface area contributed by atoms with E-state index < -0.39 is 0 Å². The second-order valence-corrected chi connectivity index (χ2v) is 5.74. The summed E-state index contributed by atoms with van der Waals surface area (Å²) in [6, 6.07) is 8.70. The van der Waals surface area contributed by atoms with Crippen molar-refractivity contribution >= 4 is 46.4 Å². The molecule has 0 aliphatic rings. The van der Waals surface area contributed by atoms with Gasteiger partial charge in [-0.15, -0.1) is 11.6 Å². The van der Waals surface area contributed by atoms with Crippen molar-refractivity contribution in [3.8, 4) is 11.5 Å². The molecule has 6 heteroatoms. The topological polar surface area (TPSA) is 18.5 Å². The molecule has 0 aliphatic carbocycles. The van der Waals surface area contributed by atoms with Crippen LogP contribution in [-0.2, 0) is 12.5 Å². The van der Waals surface area contributed by atoms with Crippen LogP contribution in [-0.4, -0.2) is 7.11 Å². The molecule has 2 nitrogen and oxygen atoms in total. The molecule has 0 radical (unpaired) electrons. The van der Waals surface area contributed by atoms with Crippen LogP contribution in [0, 0.1) is 0 Å². The Hall–Kier alpha value is -0.800. The lowest BCUT2D eigenvalue weighted by Crippen LogP contribution is -2.02. The van der Waals surface area contributed by atoms with Crippen LogP contribution in [0.25, 0.3) is 0 Å². The molecule has 0 N–H and O–H groups in total. The zero-order valence-corrected chi connectivity index (χ0v) is 14.2. The molecule has 0 fully saturated rings. The summed E-state index contributed by atoms with van der Waals surface area (Å²) >= 11 is 24.2. The minimum absolute atomic E-state index is 0.209. The molecule has 0 saturated heterocycles. The minimum Gasteiger partial charge on any atom is -0.493 e. The third kappa shape index (κ3) is 3.89. The van der Waals surface area contributed by atoms with E-state index in [1.54, 1.807) is 37.4 Å². The van der Waals surface area contributed by atoms with Gasteiger partial charge in [0.05, 0.1) is 13.0 Å². The van der Waals surface area contributed by atoms with Crippen molar-refractivity contribution in [2.24, 2.45) is 0 Å². The molecule has 2 aromatic rings. The molecule has 0 aliphatic heterocycles. The second-order valence-electron chi connectivity index (χ2n) is 4.22.